The van der Waals surface area contributed by atoms with E-state index in [-0.39, 0.29) is 0 Å². The summed E-state index contributed by atoms with van der Waals surface area (Å²) in [6, 6.07) is 6.27. The Kier molecular flexibility index (Phi) is 4.86. The molecular weight excluding hydrogens is 310 g/mol. The number of benzene rings is 1. The Morgan fingerprint density at radius 2 is 2.17 bits per heavy atom. The fraction of sp³-hybridized carbons (Fsp3) is 0.385. The van der Waals surface area contributed by atoms with E-state index in [9.17, 15) is 0 Å². The van der Waals surface area contributed by atoms with E-state index < -0.39 is 0 Å². The van der Waals surface area contributed by atoms with Crippen LogP contribution in [0.1, 0.15) is 23.9 Å². The fourth-order valence-corrected chi connectivity index (χ4v) is 3.01. The second-order valence-corrected chi connectivity index (χ2v) is 6.08. The maximum absolute atomic E-state index is 4.27. The number of halogens is 1. The molecule has 0 aliphatic heterocycles. The maximum Gasteiger partial charge on any atom is 0.148 e. The van der Waals surface area contributed by atoms with E-state index in [1.807, 2.05) is 0 Å². The van der Waals surface area contributed by atoms with Crippen LogP contribution in [0.15, 0.2) is 22.7 Å². The van der Waals surface area contributed by atoms with Crippen LogP contribution in [0.4, 0.5) is 0 Å². The van der Waals surface area contributed by atoms with Gasteiger partial charge in [0, 0.05) is 16.6 Å². The van der Waals surface area contributed by atoms with Gasteiger partial charge in [-0.05, 0) is 32.0 Å². The summed E-state index contributed by atoms with van der Waals surface area (Å²) in [7, 11) is 0. The third kappa shape index (κ3) is 3.37. The summed E-state index contributed by atoms with van der Waals surface area (Å²) >= 11 is 5.21. The Morgan fingerprint density at radius 3 is 2.94 bits per heavy atom. The summed E-state index contributed by atoms with van der Waals surface area (Å²) in [6.07, 6.45) is 1.13. The van der Waals surface area contributed by atoms with Crippen LogP contribution in [0.2, 0.25) is 0 Å². The number of aryl methyl sites for hydroxylation is 1. The predicted molar refractivity (Wildman–Crippen MR) is 79.8 cm³/mol. The highest BCUT2D eigenvalue weighted by Gasteiger charge is 2.09. The summed E-state index contributed by atoms with van der Waals surface area (Å²) in [5.74, 6) is 0. The second-order valence-electron chi connectivity index (χ2n) is 4.16. The third-order valence-electron chi connectivity index (χ3n) is 2.52. The van der Waals surface area contributed by atoms with Crippen LogP contribution < -0.4 is 5.32 Å². The van der Waals surface area contributed by atoms with Gasteiger partial charge in [-0.3, -0.25) is 0 Å². The second kappa shape index (κ2) is 6.41. The van der Waals surface area contributed by atoms with Gasteiger partial charge >= 0.3 is 0 Å². The van der Waals surface area contributed by atoms with E-state index in [0.29, 0.717) is 0 Å². The minimum absolute atomic E-state index is 0.801. The lowest BCUT2D eigenvalue weighted by atomic mass is 10.1. The van der Waals surface area contributed by atoms with Gasteiger partial charge in [0.05, 0.1) is 0 Å². The molecule has 1 aromatic heterocycles. The molecular formula is C13H16BrN3S. The largest absolute Gasteiger partial charge is 0.310 e. The van der Waals surface area contributed by atoms with Crippen LogP contribution in [-0.4, -0.2) is 16.7 Å². The van der Waals surface area contributed by atoms with Crippen LogP contribution in [0, 0.1) is 6.92 Å². The molecule has 1 aromatic carbocycles. The van der Waals surface area contributed by atoms with Crippen molar-refractivity contribution in [1.29, 1.82) is 0 Å². The van der Waals surface area contributed by atoms with E-state index in [1.54, 1.807) is 11.3 Å². The molecule has 0 fully saturated rings. The highest BCUT2D eigenvalue weighted by Crippen LogP contribution is 2.31. The molecule has 2 aromatic rings. The molecule has 0 radical (unpaired) electrons. The molecule has 1 N–H and O–H groups in total. The molecule has 5 heteroatoms. The van der Waals surface area contributed by atoms with Crippen molar-refractivity contribution in [3.8, 4) is 10.6 Å². The van der Waals surface area contributed by atoms with Gasteiger partial charge in [0.15, 0.2) is 0 Å². The van der Waals surface area contributed by atoms with E-state index in [4.69, 9.17) is 0 Å². The minimum atomic E-state index is 0.801. The smallest absolute Gasteiger partial charge is 0.148 e. The number of nitrogens with zero attached hydrogens (tertiary/aromatic N) is 2. The minimum Gasteiger partial charge on any atom is -0.310 e. The quantitative estimate of drug-likeness (QED) is 0.850. The number of aromatic nitrogens is 2. The average Bonchev–Trinajstić information content (AvgIpc) is 2.81. The fourth-order valence-electron chi connectivity index (χ4n) is 1.61. The lowest BCUT2D eigenvalue weighted by Crippen LogP contribution is -2.13. The van der Waals surface area contributed by atoms with Crippen LogP contribution in [-0.2, 0) is 6.54 Å². The standard InChI is InChI=1S/C13H16BrN3S/c1-3-6-15-8-12-16-17-13(18-12)10-7-9(2)4-5-11(10)14/h4-5,7,15H,3,6,8H2,1-2H3. The lowest BCUT2D eigenvalue weighted by molar-refractivity contribution is 0.668. The summed E-state index contributed by atoms with van der Waals surface area (Å²) in [6.45, 7) is 6.06. The summed E-state index contributed by atoms with van der Waals surface area (Å²) in [4.78, 5) is 0. The number of rotatable bonds is 5. The molecule has 0 aliphatic rings. The molecule has 0 amide bonds. The van der Waals surface area contributed by atoms with Crippen molar-refractivity contribution in [1.82, 2.24) is 15.5 Å². The van der Waals surface area contributed by atoms with Crippen molar-refractivity contribution in [2.24, 2.45) is 0 Å². The van der Waals surface area contributed by atoms with Crippen LogP contribution >= 0.6 is 27.3 Å². The average molecular weight is 326 g/mol. The molecule has 0 saturated carbocycles. The van der Waals surface area contributed by atoms with Gasteiger partial charge in [-0.25, -0.2) is 0 Å². The lowest BCUT2D eigenvalue weighted by Gasteiger charge is -2.01. The Balaban J connectivity index is 2.16. The van der Waals surface area contributed by atoms with Crippen molar-refractivity contribution >= 4 is 27.3 Å². The first-order chi connectivity index (χ1) is 8.70. The third-order valence-corrected chi connectivity index (χ3v) is 4.17. The molecule has 0 atom stereocenters. The highest BCUT2D eigenvalue weighted by molar-refractivity contribution is 9.10. The predicted octanol–water partition coefficient (Wildman–Crippen LogP) is 3.78. The highest BCUT2D eigenvalue weighted by atomic mass is 79.9. The summed E-state index contributed by atoms with van der Waals surface area (Å²) < 4.78 is 1.07. The molecule has 0 aliphatic carbocycles. The van der Waals surface area contributed by atoms with Crippen LogP contribution in [0.3, 0.4) is 0 Å². The van der Waals surface area contributed by atoms with E-state index >= 15 is 0 Å². The van der Waals surface area contributed by atoms with Crippen molar-refractivity contribution < 1.29 is 0 Å². The molecule has 1 heterocycles. The molecule has 96 valence electrons. The van der Waals surface area contributed by atoms with Gasteiger partial charge in [0.25, 0.3) is 0 Å². The van der Waals surface area contributed by atoms with E-state index in [0.717, 1.165) is 39.6 Å². The number of hydrogen-bond donors (Lipinski definition) is 1. The maximum atomic E-state index is 4.27. The van der Waals surface area contributed by atoms with Crippen molar-refractivity contribution in [2.45, 2.75) is 26.8 Å². The summed E-state index contributed by atoms with van der Waals surface area (Å²) in [5, 5.41) is 13.8. The zero-order chi connectivity index (χ0) is 13.0. The molecule has 2 rings (SSSR count). The topological polar surface area (TPSA) is 37.8 Å². The first-order valence-electron chi connectivity index (χ1n) is 6.00. The van der Waals surface area contributed by atoms with Gasteiger partial charge in [0.1, 0.15) is 10.0 Å². The molecule has 3 nitrogen and oxygen atoms in total. The molecule has 0 saturated heterocycles. The van der Waals surface area contributed by atoms with Crippen molar-refractivity contribution in [3.05, 3.63) is 33.2 Å². The van der Waals surface area contributed by atoms with Crippen LogP contribution in [0.25, 0.3) is 10.6 Å². The normalized spacial score (nSPS) is 10.8. The molecule has 0 spiro atoms. The first-order valence-corrected chi connectivity index (χ1v) is 7.61. The number of hydrogen-bond acceptors (Lipinski definition) is 4. The van der Waals surface area contributed by atoms with Crippen molar-refractivity contribution in [3.63, 3.8) is 0 Å². The van der Waals surface area contributed by atoms with Gasteiger partial charge in [-0.15, -0.1) is 10.2 Å². The van der Waals surface area contributed by atoms with E-state index in [2.05, 4.69) is 63.5 Å². The zero-order valence-corrected chi connectivity index (χ0v) is 12.9. The summed E-state index contributed by atoms with van der Waals surface area (Å²) in [5.41, 5.74) is 2.35. The van der Waals surface area contributed by atoms with E-state index in [1.165, 1.54) is 5.56 Å². The van der Waals surface area contributed by atoms with Gasteiger partial charge in [-0.2, -0.15) is 0 Å². The Bertz CT molecular complexity index is 525. The Hall–Kier alpha value is -0.780. The first kappa shape index (κ1) is 13.6. The Morgan fingerprint density at radius 1 is 1.33 bits per heavy atom. The SMILES string of the molecule is CCCNCc1nnc(-c2cc(C)ccc2Br)s1. The van der Waals surface area contributed by atoms with Gasteiger partial charge in [0.2, 0.25) is 0 Å². The molecule has 18 heavy (non-hydrogen) atoms. The van der Waals surface area contributed by atoms with Crippen LogP contribution in [0.5, 0.6) is 0 Å². The Labute approximate surface area is 120 Å². The molecule has 0 unspecified atom stereocenters. The van der Waals surface area contributed by atoms with Gasteiger partial charge < -0.3 is 5.32 Å². The number of nitrogens with one attached hydrogen (secondary N) is 1. The zero-order valence-electron chi connectivity index (χ0n) is 10.5. The van der Waals surface area contributed by atoms with Crippen molar-refractivity contribution in [2.75, 3.05) is 6.54 Å². The molecule has 0 bridgehead atoms. The monoisotopic (exact) mass is 325 g/mol. The van der Waals surface area contributed by atoms with Gasteiger partial charge in [-0.1, -0.05) is 45.8 Å².